The van der Waals surface area contributed by atoms with Crippen LogP contribution in [0.15, 0.2) is 33.9 Å². The molecule has 3 rings (SSSR count). The third-order valence-electron chi connectivity index (χ3n) is 4.66. The van der Waals surface area contributed by atoms with Gasteiger partial charge >= 0.3 is 6.43 Å². The van der Waals surface area contributed by atoms with Gasteiger partial charge in [-0.15, -0.1) is 0 Å². The average molecular weight is 448 g/mol. The number of methoxy groups -OCH3 is 1. The molecular weight excluding hydrogens is 431 g/mol. The van der Waals surface area contributed by atoms with Crippen molar-refractivity contribution < 1.29 is 40.6 Å². The summed E-state index contributed by atoms with van der Waals surface area (Å²) < 4.78 is 81.3. The number of oxazole rings is 1. The van der Waals surface area contributed by atoms with Gasteiger partial charge in [0, 0.05) is 18.4 Å². The second kappa shape index (κ2) is 8.49. The number of ether oxygens (including phenoxy) is 2. The van der Waals surface area contributed by atoms with Gasteiger partial charge in [-0.25, -0.2) is 23.1 Å². The zero-order chi connectivity index (χ0) is 22.9. The molecule has 1 aliphatic rings. The van der Waals surface area contributed by atoms with E-state index in [-0.39, 0.29) is 11.3 Å². The number of aliphatic imine (C=N–C) groups is 1. The van der Waals surface area contributed by atoms with Gasteiger partial charge in [-0.05, 0) is 25.1 Å². The molecule has 2 heterocycles. The molecule has 1 aromatic carbocycles. The highest BCUT2D eigenvalue weighted by Gasteiger charge is 2.51. The van der Waals surface area contributed by atoms with Gasteiger partial charge in [0.05, 0.1) is 0 Å². The highest BCUT2D eigenvalue weighted by molar-refractivity contribution is 6.02. The number of hydrogen-bond acceptors (Lipinski definition) is 7. The van der Waals surface area contributed by atoms with Crippen LogP contribution in [0, 0.1) is 5.82 Å². The number of amides is 1. The fourth-order valence-electron chi connectivity index (χ4n) is 3.28. The van der Waals surface area contributed by atoms with E-state index in [0.717, 1.165) is 25.5 Å². The molecule has 1 aliphatic heterocycles. The highest BCUT2D eigenvalue weighted by Crippen LogP contribution is 2.40. The summed E-state index contributed by atoms with van der Waals surface area (Å²) in [4.78, 5) is 19.6. The molecule has 2 aromatic rings. The number of rotatable bonds is 6. The lowest BCUT2D eigenvalue weighted by molar-refractivity contribution is -0.121. The number of benzene rings is 1. The van der Waals surface area contributed by atoms with E-state index in [4.69, 9.17) is 15.2 Å². The van der Waals surface area contributed by atoms with Crippen LogP contribution >= 0.6 is 0 Å². The van der Waals surface area contributed by atoms with E-state index in [2.05, 4.69) is 19.7 Å². The number of hydrogen-bond donors (Lipinski definition) is 2. The minimum absolute atomic E-state index is 0.00735. The van der Waals surface area contributed by atoms with Crippen molar-refractivity contribution in [3.63, 3.8) is 0 Å². The number of carbonyl (C=O) groups excluding carboxylic acids is 1. The molecule has 3 atom stereocenters. The lowest BCUT2D eigenvalue weighted by Crippen LogP contribution is -2.55. The minimum Gasteiger partial charge on any atom is -0.453 e. The van der Waals surface area contributed by atoms with E-state index in [1.165, 1.54) is 13.0 Å². The molecule has 1 aromatic heterocycles. The SMILES string of the molecule is CO[C@H]1[C@@H](C(F)F)OC(N)=N[C@]1(C)c1cc(NC(=O)c2coc(C(F)F)n2)ccc1F. The Bertz CT molecular complexity index is 999. The molecule has 0 spiro atoms. The summed E-state index contributed by atoms with van der Waals surface area (Å²) in [5.74, 6) is -2.69. The van der Waals surface area contributed by atoms with E-state index in [0.29, 0.717) is 0 Å². The first-order valence-electron chi connectivity index (χ1n) is 8.74. The highest BCUT2D eigenvalue weighted by atomic mass is 19.3. The Morgan fingerprint density at radius 2 is 2.03 bits per heavy atom. The molecule has 8 nitrogen and oxygen atoms in total. The smallest absolute Gasteiger partial charge is 0.313 e. The van der Waals surface area contributed by atoms with Crippen LogP contribution in [0.4, 0.5) is 27.6 Å². The summed E-state index contributed by atoms with van der Waals surface area (Å²) in [5.41, 5.74) is 3.15. The number of nitrogens with one attached hydrogen (secondary N) is 1. The Morgan fingerprint density at radius 3 is 2.61 bits per heavy atom. The number of amidine groups is 1. The Hall–Kier alpha value is -3.22. The second-order valence-corrected chi connectivity index (χ2v) is 6.69. The normalized spacial score (nSPS) is 23.6. The monoisotopic (exact) mass is 448 g/mol. The van der Waals surface area contributed by atoms with Gasteiger partial charge in [0.2, 0.25) is 0 Å². The van der Waals surface area contributed by atoms with Crippen molar-refractivity contribution in [1.82, 2.24) is 4.98 Å². The molecule has 0 aliphatic carbocycles. The van der Waals surface area contributed by atoms with E-state index in [9.17, 15) is 26.7 Å². The van der Waals surface area contributed by atoms with Gasteiger partial charge in [-0.3, -0.25) is 4.79 Å². The van der Waals surface area contributed by atoms with Crippen molar-refractivity contribution in [2.75, 3.05) is 12.4 Å². The molecule has 0 radical (unpaired) electrons. The lowest BCUT2D eigenvalue weighted by Gasteiger charge is -2.41. The number of aromatic nitrogens is 1. The van der Waals surface area contributed by atoms with Crippen molar-refractivity contribution >= 4 is 17.6 Å². The summed E-state index contributed by atoms with van der Waals surface area (Å²) in [7, 11) is 1.13. The van der Waals surface area contributed by atoms with Crippen LogP contribution in [0.25, 0.3) is 0 Å². The minimum atomic E-state index is -3.01. The third-order valence-corrected chi connectivity index (χ3v) is 4.66. The summed E-state index contributed by atoms with van der Waals surface area (Å²) in [6, 6.07) is 2.69. The van der Waals surface area contributed by atoms with Crippen LogP contribution in [0.5, 0.6) is 0 Å². The van der Waals surface area contributed by atoms with Crippen molar-refractivity contribution in [2.45, 2.75) is 37.5 Å². The van der Waals surface area contributed by atoms with Crippen molar-refractivity contribution in [3.8, 4) is 0 Å². The predicted octanol–water partition coefficient (Wildman–Crippen LogP) is 3.21. The van der Waals surface area contributed by atoms with E-state index >= 15 is 0 Å². The van der Waals surface area contributed by atoms with E-state index in [1.54, 1.807) is 0 Å². The van der Waals surface area contributed by atoms with Crippen LogP contribution in [0.3, 0.4) is 0 Å². The first-order chi connectivity index (χ1) is 14.6. The summed E-state index contributed by atoms with van der Waals surface area (Å²) in [6.07, 6.45) is -8.54. The largest absolute Gasteiger partial charge is 0.453 e. The standard InChI is InChI=1S/C18H17F5N4O4/c1-18(12(29-2)11(13(20)21)31-17(24)27-18)8-5-7(3-4-9(8)19)25-15(28)10-6-30-16(26-10)14(22)23/h3-6,11-14H,1-2H3,(H2,24,27)(H,25,28)/t11-,12-,18+/m0/s1. The molecule has 0 fully saturated rings. The number of nitrogens with zero attached hydrogens (tertiary/aromatic N) is 2. The maximum Gasteiger partial charge on any atom is 0.313 e. The molecule has 0 saturated heterocycles. The first-order valence-corrected chi connectivity index (χ1v) is 8.74. The molecule has 31 heavy (non-hydrogen) atoms. The molecule has 168 valence electrons. The zero-order valence-electron chi connectivity index (χ0n) is 16.1. The van der Waals surface area contributed by atoms with Gasteiger partial charge in [-0.2, -0.15) is 8.78 Å². The van der Waals surface area contributed by atoms with Crippen molar-refractivity contribution in [1.29, 1.82) is 0 Å². The number of nitrogens with two attached hydrogens (primary N) is 1. The number of halogens is 5. The van der Waals surface area contributed by atoms with Crippen molar-refractivity contribution in [3.05, 3.63) is 47.4 Å². The predicted molar refractivity (Wildman–Crippen MR) is 96.5 cm³/mol. The number of anilines is 1. The maximum atomic E-state index is 14.7. The molecule has 0 saturated carbocycles. The fourth-order valence-corrected chi connectivity index (χ4v) is 3.28. The Labute approximate surface area is 172 Å². The van der Waals surface area contributed by atoms with Gasteiger partial charge in [0.25, 0.3) is 24.2 Å². The molecule has 13 heteroatoms. The summed E-state index contributed by atoms with van der Waals surface area (Å²) in [6.45, 7) is 1.32. The summed E-state index contributed by atoms with van der Waals surface area (Å²) in [5, 5.41) is 2.34. The van der Waals surface area contributed by atoms with Crippen LogP contribution < -0.4 is 11.1 Å². The molecule has 1 amide bonds. The zero-order valence-corrected chi connectivity index (χ0v) is 16.1. The van der Waals surface area contributed by atoms with Gasteiger partial charge in [0.1, 0.15) is 23.7 Å². The van der Waals surface area contributed by atoms with Gasteiger partial charge in [0.15, 0.2) is 11.8 Å². The van der Waals surface area contributed by atoms with E-state index < -0.39 is 59.9 Å². The summed E-state index contributed by atoms with van der Waals surface area (Å²) >= 11 is 0. The Balaban J connectivity index is 1.96. The number of alkyl halides is 4. The quantitative estimate of drug-likeness (QED) is 0.657. The third kappa shape index (κ3) is 4.31. The molecular formula is C18H17F5N4O4. The van der Waals surface area contributed by atoms with Crippen LogP contribution in [-0.4, -0.2) is 42.7 Å². The molecule has 0 unspecified atom stereocenters. The Morgan fingerprint density at radius 1 is 1.32 bits per heavy atom. The van der Waals surface area contributed by atoms with E-state index in [1.807, 2.05) is 0 Å². The van der Waals surface area contributed by atoms with Crippen LogP contribution in [-0.2, 0) is 15.0 Å². The van der Waals surface area contributed by atoms with Crippen LogP contribution in [0.2, 0.25) is 0 Å². The maximum absolute atomic E-state index is 14.7. The van der Waals surface area contributed by atoms with Gasteiger partial charge in [-0.1, -0.05) is 0 Å². The lowest BCUT2D eigenvalue weighted by atomic mass is 9.82. The van der Waals surface area contributed by atoms with Gasteiger partial charge < -0.3 is 24.9 Å². The molecule has 3 N–H and O–H groups in total. The van der Waals surface area contributed by atoms with Crippen LogP contribution in [0.1, 0.15) is 35.3 Å². The average Bonchev–Trinajstić information content (AvgIpc) is 3.19. The number of carbonyl (C=O) groups is 1. The van der Waals surface area contributed by atoms with Crippen molar-refractivity contribution in [2.24, 2.45) is 10.7 Å². The second-order valence-electron chi connectivity index (χ2n) is 6.69. The fraction of sp³-hybridized carbons (Fsp3) is 0.389. The molecule has 0 bridgehead atoms. The topological polar surface area (TPSA) is 112 Å². The first kappa shape index (κ1) is 22.5. The Kier molecular flexibility index (Phi) is 6.15.